The van der Waals surface area contributed by atoms with Crippen molar-refractivity contribution in [3.05, 3.63) is 45.7 Å². The molecule has 2 aromatic rings. The number of aryl methyl sites for hydroxylation is 1. The molecule has 0 spiro atoms. The fourth-order valence-electron chi connectivity index (χ4n) is 2.29. The average molecular weight is 294 g/mol. The Morgan fingerprint density at radius 3 is 3.16 bits per heavy atom. The van der Waals surface area contributed by atoms with Gasteiger partial charge in [0.15, 0.2) is 0 Å². The van der Waals surface area contributed by atoms with Gasteiger partial charge >= 0.3 is 0 Å². The second-order valence-electron chi connectivity index (χ2n) is 4.61. The highest BCUT2D eigenvalue weighted by Gasteiger charge is 2.21. The van der Waals surface area contributed by atoms with Crippen LogP contribution in [-0.2, 0) is 6.54 Å². The van der Waals surface area contributed by atoms with Crippen molar-refractivity contribution in [2.24, 2.45) is 0 Å². The van der Waals surface area contributed by atoms with Crippen LogP contribution in [0.3, 0.4) is 0 Å². The second kappa shape index (κ2) is 5.61. The van der Waals surface area contributed by atoms with E-state index in [1.807, 2.05) is 30.3 Å². The third kappa shape index (κ3) is 2.83. The molecule has 1 aromatic carbocycles. The number of hydrogen-bond acceptors (Lipinski definition) is 4. The fraction of sp³-hybridized carbons (Fsp3) is 0.357. The molecule has 2 heterocycles. The van der Waals surface area contributed by atoms with Crippen LogP contribution in [0.15, 0.2) is 28.6 Å². The molecule has 0 saturated heterocycles. The lowest BCUT2D eigenvalue weighted by molar-refractivity contribution is 0.506. The van der Waals surface area contributed by atoms with Crippen molar-refractivity contribution in [3.8, 4) is 0 Å². The minimum Gasteiger partial charge on any atom is -0.305 e. The van der Waals surface area contributed by atoms with Gasteiger partial charge in [-0.2, -0.15) is 0 Å². The average Bonchev–Trinajstić information content (AvgIpc) is 2.82. The minimum absolute atomic E-state index is 0.151. The van der Waals surface area contributed by atoms with E-state index in [9.17, 15) is 4.39 Å². The molecule has 100 valence electrons. The lowest BCUT2D eigenvalue weighted by atomic mass is 10.0. The predicted molar refractivity (Wildman–Crippen MR) is 78.2 cm³/mol. The van der Waals surface area contributed by atoms with Crippen molar-refractivity contribution in [2.45, 2.75) is 30.8 Å². The summed E-state index contributed by atoms with van der Waals surface area (Å²) in [6.07, 6.45) is 1.04. The molecule has 3 rings (SSSR count). The molecule has 1 aliphatic heterocycles. The Hall–Kier alpha value is -0.910. The number of halogens is 1. The van der Waals surface area contributed by atoms with Gasteiger partial charge in [0, 0.05) is 22.4 Å². The molecule has 1 aliphatic rings. The molecule has 1 atom stereocenters. The summed E-state index contributed by atoms with van der Waals surface area (Å²) in [7, 11) is 0. The van der Waals surface area contributed by atoms with Gasteiger partial charge in [-0.25, -0.2) is 9.37 Å². The van der Waals surface area contributed by atoms with Crippen LogP contribution in [-0.4, -0.2) is 10.7 Å². The smallest absolute Gasteiger partial charge is 0.123 e. The SMILES string of the molecule is Cc1ncsc1CNC1CCSc2ccc(F)cc21. The zero-order valence-corrected chi connectivity index (χ0v) is 12.3. The lowest BCUT2D eigenvalue weighted by Crippen LogP contribution is -2.24. The molecular weight excluding hydrogens is 279 g/mol. The summed E-state index contributed by atoms with van der Waals surface area (Å²) in [4.78, 5) is 6.71. The Morgan fingerprint density at radius 1 is 1.47 bits per heavy atom. The Bertz CT molecular complexity index is 583. The monoisotopic (exact) mass is 294 g/mol. The molecule has 0 radical (unpaired) electrons. The van der Waals surface area contributed by atoms with Crippen molar-refractivity contribution in [3.63, 3.8) is 0 Å². The largest absolute Gasteiger partial charge is 0.305 e. The Morgan fingerprint density at radius 2 is 2.37 bits per heavy atom. The number of thioether (sulfide) groups is 1. The molecule has 2 nitrogen and oxygen atoms in total. The summed E-state index contributed by atoms with van der Waals surface area (Å²) in [6.45, 7) is 2.83. The van der Waals surface area contributed by atoms with E-state index in [4.69, 9.17) is 0 Å². The number of fused-ring (bicyclic) bond motifs is 1. The summed E-state index contributed by atoms with van der Waals surface area (Å²) in [5, 5.41) is 3.54. The maximum Gasteiger partial charge on any atom is 0.123 e. The standard InChI is InChI=1S/C14H15FN2S2/c1-9-14(19-8-17-9)7-16-12-4-5-18-13-3-2-10(15)6-11(12)13/h2-3,6,8,12,16H,4-5,7H2,1H3. The van der Waals surface area contributed by atoms with Gasteiger partial charge in [-0.15, -0.1) is 23.1 Å². The van der Waals surface area contributed by atoms with E-state index < -0.39 is 0 Å². The minimum atomic E-state index is -0.151. The van der Waals surface area contributed by atoms with Crippen molar-refractivity contribution < 1.29 is 4.39 Å². The Balaban J connectivity index is 1.76. The molecule has 1 N–H and O–H groups in total. The highest BCUT2D eigenvalue weighted by Crippen LogP contribution is 2.36. The van der Waals surface area contributed by atoms with Gasteiger partial charge < -0.3 is 5.32 Å². The summed E-state index contributed by atoms with van der Waals surface area (Å²) in [5.74, 6) is 0.930. The molecule has 0 fully saturated rings. The second-order valence-corrected chi connectivity index (χ2v) is 6.69. The molecule has 1 aromatic heterocycles. The first-order chi connectivity index (χ1) is 9.24. The summed E-state index contributed by atoms with van der Waals surface area (Å²) < 4.78 is 13.4. The van der Waals surface area contributed by atoms with E-state index in [0.717, 1.165) is 30.0 Å². The lowest BCUT2D eigenvalue weighted by Gasteiger charge is -2.26. The van der Waals surface area contributed by atoms with Crippen LogP contribution in [0.5, 0.6) is 0 Å². The maximum absolute atomic E-state index is 13.4. The number of hydrogen-bond donors (Lipinski definition) is 1. The molecule has 0 bridgehead atoms. The first-order valence-electron chi connectivity index (χ1n) is 6.28. The van der Waals surface area contributed by atoms with Crippen molar-refractivity contribution >= 4 is 23.1 Å². The fourth-order valence-corrected chi connectivity index (χ4v) is 4.12. The van der Waals surface area contributed by atoms with Crippen molar-refractivity contribution in [2.75, 3.05) is 5.75 Å². The molecule has 1 unspecified atom stereocenters. The van der Waals surface area contributed by atoms with Crippen LogP contribution >= 0.6 is 23.1 Å². The van der Waals surface area contributed by atoms with Gasteiger partial charge in [-0.3, -0.25) is 0 Å². The highest BCUT2D eigenvalue weighted by molar-refractivity contribution is 7.99. The van der Waals surface area contributed by atoms with Gasteiger partial charge in [-0.1, -0.05) is 0 Å². The number of rotatable bonds is 3. The number of nitrogens with one attached hydrogen (secondary N) is 1. The zero-order valence-electron chi connectivity index (χ0n) is 10.6. The molecule has 0 amide bonds. The first kappa shape index (κ1) is 13.1. The quantitative estimate of drug-likeness (QED) is 0.929. The first-order valence-corrected chi connectivity index (χ1v) is 8.15. The van der Waals surface area contributed by atoms with Gasteiger partial charge in [0.05, 0.1) is 11.2 Å². The molecular formula is C14H15FN2S2. The van der Waals surface area contributed by atoms with Gasteiger partial charge in [0.1, 0.15) is 5.82 Å². The van der Waals surface area contributed by atoms with Crippen LogP contribution in [0, 0.1) is 12.7 Å². The number of nitrogens with zero attached hydrogens (tertiary/aromatic N) is 1. The summed E-state index contributed by atoms with van der Waals surface area (Å²) >= 11 is 3.48. The third-order valence-electron chi connectivity index (χ3n) is 3.37. The molecule has 0 aliphatic carbocycles. The van der Waals surface area contributed by atoms with Gasteiger partial charge in [0.25, 0.3) is 0 Å². The molecule has 19 heavy (non-hydrogen) atoms. The summed E-state index contributed by atoms with van der Waals surface area (Å²) in [6, 6.07) is 5.34. The number of benzene rings is 1. The topological polar surface area (TPSA) is 24.9 Å². The molecule has 0 saturated carbocycles. The predicted octanol–water partition coefficient (Wildman–Crippen LogP) is 3.92. The number of thiazole rings is 1. The maximum atomic E-state index is 13.4. The van der Waals surface area contributed by atoms with E-state index in [2.05, 4.69) is 10.3 Å². The highest BCUT2D eigenvalue weighted by atomic mass is 32.2. The Labute approximate surface area is 120 Å². The summed E-state index contributed by atoms with van der Waals surface area (Å²) in [5.41, 5.74) is 4.05. The van der Waals surface area contributed by atoms with Gasteiger partial charge in [-0.05, 0) is 42.9 Å². The molecule has 5 heteroatoms. The van der Waals surface area contributed by atoms with Gasteiger partial charge in [0.2, 0.25) is 0 Å². The van der Waals surface area contributed by atoms with E-state index >= 15 is 0 Å². The van der Waals surface area contributed by atoms with E-state index in [1.165, 1.54) is 9.77 Å². The van der Waals surface area contributed by atoms with Crippen LogP contribution in [0.4, 0.5) is 4.39 Å². The van der Waals surface area contributed by atoms with Crippen LogP contribution < -0.4 is 5.32 Å². The van der Waals surface area contributed by atoms with Crippen molar-refractivity contribution in [1.82, 2.24) is 10.3 Å². The normalized spacial score (nSPS) is 18.3. The van der Waals surface area contributed by atoms with Crippen LogP contribution in [0.1, 0.15) is 28.6 Å². The Kier molecular flexibility index (Phi) is 3.86. The zero-order chi connectivity index (χ0) is 13.2. The van der Waals surface area contributed by atoms with Crippen molar-refractivity contribution in [1.29, 1.82) is 0 Å². The van der Waals surface area contributed by atoms with E-state index in [0.29, 0.717) is 0 Å². The third-order valence-corrected chi connectivity index (χ3v) is 5.42. The van der Waals surface area contributed by atoms with E-state index in [1.54, 1.807) is 23.5 Å². The number of aromatic nitrogens is 1. The van der Waals surface area contributed by atoms with Crippen LogP contribution in [0.25, 0.3) is 0 Å². The van der Waals surface area contributed by atoms with Crippen LogP contribution in [0.2, 0.25) is 0 Å². The van der Waals surface area contributed by atoms with E-state index in [-0.39, 0.29) is 11.9 Å².